The van der Waals surface area contributed by atoms with Gasteiger partial charge in [0.15, 0.2) is 0 Å². The average molecular weight is 383 g/mol. The molecule has 0 fully saturated rings. The van der Waals surface area contributed by atoms with Gasteiger partial charge in [-0.15, -0.1) is 9.26 Å². The molecule has 0 aliphatic rings. The Morgan fingerprint density at radius 1 is 1.04 bits per heavy atom. The number of rotatable bonds is 2. The number of fused-ring (bicyclic) bond motifs is 4. The van der Waals surface area contributed by atoms with E-state index in [1.807, 2.05) is 39.8 Å². The van der Waals surface area contributed by atoms with E-state index in [2.05, 4.69) is 0 Å². The van der Waals surface area contributed by atoms with Crippen molar-refractivity contribution in [2.45, 2.75) is 38.0 Å². The van der Waals surface area contributed by atoms with E-state index in [4.69, 9.17) is 0 Å². The summed E-state index contributed by atoms with van der Waals surface area (Å²) in [6, 6.07) is 8.08. The Balaban J connectivity index is 0.00000196. The largest absolute Gasteiger partial charge is 1.00 e. The Labute approximate surface area is 173 Å². The van der Waals surface area contributed by atoms with Crippen molar-refractivity contribution in [2.24, 2.45) is 0 Å². The second-order valence-electron chi connectivity index (χ2n) is 7.40. The first-order chi connectivity index (χ1) is 11.5. The molecule has 26 heavy (non-hydrogen) atoms. The summed E-state index contributed by atoms with van der Waals surface area (Å²) < 4.78 is 35.3. The number of benzene rings is 2. The minimum absolute atomic E-state index is 0. The van der Waals surface area contributed by atoms with Gasteiger partial charge in [-0.25, -0.2) is 0 Å². The maximum Gasteiger partial charge on any atom is 1.00 e. The van der Waals surface area contributed by atoms with E-state index in [1.165, 1.54) is 12.1 Å². The monoisotopic (exact) mass is 383 g/mol. The molecule has 4 aromatic rings. The Morgan fingerprint density at radius 3 is 2.23 bits per heavy atom. The van der Waals surface area contributed by atoms with Gasteiger partial charge >= 0.3 is 29.6 Å². The van der Waals surface area contributed by atoms with Crippen molar-refractivity contribution in [3.8, 4) is 11.4 Å². The number of hydrogen-bond donors (Lipinski definition) is 1. The zero-order valence-electron chi connectivity index (χ0n) is 15.3. The summed E-state index contributed by atoms with van der Waals surface area (Å²) in [5, 5.41) is 12.9. The van der Waals surface area contributed by atoms with Gasteiger partial charge in [0.05, 0.1) is 10.6 Å². The van der Waals surface area contributed by atoms with E-state index in [0.717, 1.165) is 16.6 Å². The first-order valence-electron chi connectivity index (χ1n) is 7.84. The molecule has 0 saturated carbocycles. The van der Waals surface area contributed by atoms with Crippen LogP contribution in [0.25, 0.3) is 16.7 Å². The molecule has 2 aromatic heterocycles. The molecule has 0 unspecified atom stereocenters. The van der Waals surface area contributed by atoms with Gasteiger partial charge in [0.1, 0.15) is 11.0 Å². The molecule has 4 rings (SSSR count). The topological polar surface area (TPSA) is 91.2 Å². The summed E-state index contributed by atoms with van der Waals surface area (Å²) in [6.45, 7) is 7.93. The average Bonchev–Trinajstić information content (AvgIpc) is 3.13. The molecule has 0 aliphatic heterocycles. The second kappa shape index (κ2) is 5.77. The normalized spacial score (nSPS) is 13.0. The third-order valence-electron chi connectivity index (χ3n) is 4.42. The summed E-state index contributed by atoms with van der Waals surface area (Å²) in [4.78, 5) is 1.54. The number of aromatic nitrogens is 3. The summed E-state index contributed by atoms with van der Waals surface area (Å²) in [5.74, 6) is -0.0478. The van der Waals surface area contributed by atoms with Gasteiger partial charge in [-0.05, 0) is 47.7 Å². The van der Waals surface area contributed by atoms with Crippen LogP contribution in [0.2, 0.25) is 0 Å². The molecule has 2 aromatic carbocycles. The molecule has 2 heterocycles. The molecule has 0 spiro atoms. The minimum Gasteiger partial charge on any atom is -0.871 e. The predicted octanol–water partition coefficient (Wildman–Crippen LogP) is -0.649. The van der Waals surface area contributed by atoms with Gasteiger partial charge < -0.3 is 5.11 Å². The molecular weight excluding hydrogens is 365 g/mol. The fraction of sp³-hybridized carbons (Fsp3) is 0.294. The van der Waals surface area contributed by atoms with E-state index in [-0.39, 0.29) is 45.6 Å². The molecule has 9 heteroatoms. The Hall–Kier alpha value is -1.45. The van der Waals surface area contributed by atoms with Crippen molar-refractivity contribution in [2.75, 3.05) is 0 Å². The summed E-state index contributed by atoms with van der Waals surface area (Å²) in [6.07, 6.45) is 0. The molecule has 0 bridgehead atoms. The zero-order chi connectivity index (χ0) is 18.3. The van der Waals surface area contributed by atoms with E-state index in [0.29, 0.717) is 11.2 Å². The SMILES string of the molecule is Cc1cc(-n2n3c4ccc(S(=O)(=O)O)cc4n23)c([O-])c(C(C)(C)C)c1.[Na+]. The molecule has 0 saturated heterocycles. The van der Waals surface area contributed by atoms with Crippen LogP contribution in [0, 0.1) is 6.92 Å². The van der Waals surface area contributed by atoms with E-state index >= 15 is 0 Å². The van der Waals surface area contributed by atoms with Crippen molar-refractivity contribution in [1.82, 2.24) is 14.1 Å². The molecule has 1 N–H and O–H groups in total. The number of aryl methyl sites for hydroxylation is 1. The van der Waals surface area contributed by atoms with Crippen molar-refractivity contribution < 1.29 is 47.6 Å². The third-order valence-corrected chi connectivity index (χ3v) is 5.27. The van der Waals surface area contributed by atoms with Gasteiger partial charge in [0.2, 0.25) is 0 Å². The Kier molecular flexibility index (Phi) is 4.29. The summed E-state index contributed by atoms with van der Waals surface area (Å²) in [5.41, 5.74) is 3.38. The maximum atomic E-state index is 12.9. The smallest absolute Gasteiger partial charge is 0.871 e. The van der Waals surface area contributed by atoms with Crippen molar-refractivity contribution in [1.29, 1.82) is 0 Å². The van der Waals surface area contributed by atoms with Crippen LogP contribution in [0.5, 0.6) is 5.75 Å². The van der Waals surface area contributed by atoms with Crippen LogP contribution in [0.4, 0.5) is 0 Å². The molecular formula is C17H18N3NaO4S. The van der Waals surface area contributed by atoms with Crippen LogP contribution >= 0.6 is 0 Å². The molecule has 0 amide bonds. The molecule has 0 radical (unpaired) electrons. The van der Waals surface area contributed by atoms with Crippen LogP contribution in [0.15, 0.2) is 35.2 Å². The molecule has 7 nitrogen and oxygen atoms in total. The van der Waals surface area contributed by atoms with Crippen LogP contribution in [-0.4, -0.2) is 27.0 Å². The minimum atomic E-state index is -4.26. The van der Waals surface area contributed by atoms with E-state index in [1.54, 1.807) is 20.1 Å². The summed E-state index contributed by atoms with van der Waals surface area (Å²) in [7, 11) is -4.26. The third kappa shape index (κ3) is 2.76. The van der Waals surface area contributed by atoms with Crippen molar-refractivity contribution >= 4 is 21.2 Å². The van der Waals surface area contributed by atoms with Crippen molar-refractivity contribution in [3.05, 3.63) is 41.5 Å². The standard InChI is InChI=1S/C17H19N3O4S.Na/c1-10-7-12(17(2,3)4)16(21)15(8-10)20-18-13-6-5-11(25(22,23)24)9-14(13)19(18)20;/h5-9,21H,1-4H3,(H,22,23,24);/q;+1/p-1. The maximum absolute atomic E-state index is 12.9. The van der Waals surface area contributed by atoms with Crippen LogP contribution in [-0.2, 0) is 15.5 Å². The van der Waals surface area contributed by atoms with E-state index in [9.17, 15) is 18.1 Å². The molecule has 0 atom stereocenters. The Bertz CT molecular complexity index is 1220. The first kappa shape index (κ1) is 19.3. The van der Waals surface area contributed by atoms with Crippen LogP contribution in [0.1, 0.15) is 31.9 Å². The fourth-order valence-corrected chi connectivity index (χ4v) is 3.65. The Morgan fingerprint density at radius 2 is 1.65 bits per heavy atom. The predicted molar refractivity (Wildman–Crippen MR) is 91.6 cm³/mol. The quantitative estimate of drug-likeness (QED) is 0.368. The zero-order valence-corrected chi connectivity index (χ0v) is 18.1. The first-order valence-corrected chi connectivity index (χ1v) is 9.28. The molecule has 132 valence electrons. The van der Waals surface area contributed by atoms with Crippen LogP contribution in [0.3, 0.4) is 0 Å². The van der Waals surface area contributed by atoms with E-state index < -0.39 is 10.1 Å². The van der Waals surface area contributed by atoms with Crippen molar-refractivity contribution in [3.63, 3.8) is 0 Å². The van der Waals surface area contributed by atoms with Gasteiger partial charge in [-0.2, -0.15) is 13.2 Å². The summed E-state index contributed by atoms with van der Waals surface area (Å²) >= 11 is 0. The van der Waals surface area contributed by atoms with Gasteiger partial charge in [-0.3, -0.25) is 4.55 Å². The molecule has 0 aliphatic carbocycles. The van der Waals surface area contributed by atoms with Gasteiger partial charge in [-0.1, -0.05) is 32.6 Å². The number of nitrogens with zero attached hydrogens (tertiary/aromatic N) is 3. The van der Waals surface area contributed by atoms with Gasteiger partial charge in [0.25, 0.3) is 10.1 Å². The van der Waals surface area contributed by atoms with Crippen LogP contribution < -0.4 is 34.7 Å². The number of hydrogen-bond acceptors (Lipinski definition) is 3. The second-order valence-corrected chi connectivity index (χ2v) is 8.83. The van der Waals surface area contributed by atoms with Gasteiger partial charge in [0, 0.05) is 0 Å². The fourth-order valence-electron chi connectivity index (χ4n) is 3.15.